The largest absolute Gasteiger partial charge is 0.314 e. The fourth-order valence-corrected chi connectivity index (χ4v) is 3.49. The summed E-state index contributed by atoms with van der Waals surface area (Å²) >= 11 is 0. The summed E-state index contributed by atoms with van der Waals surface area (Å²) in [7, 11) is -2.79. The molecule has 0 saturated heterocycles. The summed E-state index contributed by atoms with van der Waals surface area (Å²) in [5.74, 6) is 0.593. The lowest BCUT2D eigenvalue weighted by Gasteiger charge is -2.35. The quantitative estimate of drug-likeness (QED) is 0.747. The van der Waals surface area contributed by atoms with Crippen molar-refractivity contribution in [2.24, 2.45) is 5.41 Å². The highest BCUT2D eigenvalue weighted by molar-refractivity contribution is 7.91. The monoisotopic (exact) mass is 261 g/mol. The van der Waals surface area contributed by atoms with Crippen LogP contribution in [-0.2, 0) is 9.84 Å². The molecule has 3 nitrogen and oxygen atoms in total. The lowest BCUT2D eigenvalue weighted by molar-refractivity contribution is 0.199. The molecule has 4 heteroatoms. The number of nitrogens with one attached hydrogen (secondary N) is 1. The SMILES string of the molecule is CCS(=O)(=O)CCCNC1CCCC(C)(C)C1. The van der Waals surface area contributed by atoms with Crippen LogP contribution >= 0.6 is 0 Å². The van der Waals surface area contributed by atoms with Crippen molar-refractivity contribution in [1.82, 2.24) is 5.32 Å². The molecule has 0 aromatic heterocycles. The fourth-order valence-electron chi connectivity index (χ4n) is 2.62. The van der Waals surface area contributed by atoms with E-state index >= 15 is 0 Å². The Morgan fingerprint density at radius 1 is 1.35 bits per heavy atom. The van der Waals surface area contributed by atoms with Gasteiger partial charge < -0.3 is 5.32 Å². The number of sulfone groups is 1. The Bertz CT molecular complexity index is 322. The van der Waals surface area contributed by atoms with Gasteiger partial charge in [-0.15, -0.1) is 0 Å². The summed E-state index contributed by atoms with van der Waals surface area (Å²) in [6.45, 7) is 7.19. The molecule has 1 saturated carbocycles. The molecule has 0 spiro atoms. The van der Waals surface area contributed by atoms with E-state index in [4.69, 9.17) is 0 Å². The van der Waals surface area contributed by atoms with Gasteiger partial charge in [-0.1, -0.05) is 27.2 Å². The summed E-state index contributed by atoms with van der Waals surface area (Å²) in [6, 6.07) is 0.586. The van der Waals surface area contributed by atoms with Gasteiger partial charge in [-0.2, -0.15) is 0 Å². The van der Waals surface area contributed by atoms with Gasteiger partial charge in [0.2, 0.25) is 0 Å². The zero-order valence-electron chi connectivity index (χ0n) is 11.5. The molecule has 1 N–H and O–H groups in total. The van der Waals surface area contributed by atoms with Gasteiger partial charge in [-0.3, -0.25) is 0 Å². The van der Waals surface area contributed by atoms with Crippen molar-refractivity contribution in [1.29, 1.82) is 0 Å². The van der Waals surface area contributed by atoms with E-state index in [1.165, 1.54) is 25.7 Å². The summed E-state index contributed by atoms with van der Waals surface area (Å²) in [5.41, 5.74) is 0.450. The molecule has 1 rings (SSSR count). The zero-order chi connectivity index (χ0) is 12.9. The first-order valence-corrected chi connectivity index (χ1v) is 8.60. The van der Waals surface area contributed by atoms with Crippen LogP contribution in [0.3, 0.4) is 0 Å². The summed E-state index contributed by atoms with van der Waals surface area (Å²) in [5, 5.41) is 3.51. The molecule has 1 aliphatic carbocycles. The van der Waals surface area contributed by atoms with Crippen LogP contribution < -0.4 is 5.32 Å². The van der Waals surface area contributed by atoms with Gasteiger partial charge in [0.05, 0.1) is 5.75 Å². The van der Waals surface area contributed by atoms with Crippen molar-refractivity contribution >= 4 is 9.84 Å². The van der Waals surface area contributed by atoms with Crippen molar-refractivity contribution in [3.63, 3.8) is 0 Å². The smallest absolute Gasteiger partial charge is 0.150 e. The lowest BCUT2D eigenvalue weighted by Crippen LogP contribution is -2.38. The van der Waals surface area contributed by atoms with Crippen LogP contribution in [0.1, 0.15) is 52.9 Å². The van der Waals surface area contributed by atoms with Gasteiger partial charge in [0.15, 0.2) is 0 Å². The topological polar surface area (TPSA) is 46.2 Å². The fraction of sp³-hybridized carbons (Fsp3) is 1.00. The molecular weight excluding hydrogens is 234 g/mol. The third-order valence-corrected chi connectivity index (χ3v) is 5.50. The minimum Gasteiger partial charge on any atom is -0.314 e. The van der Waals surface area contributed by atoms with Crippen molar-refractivity contribution in [2.45, 2.75) is 58.9 Å². The second-order valence-corrected chi connectivity index (χ2v) is 8.47. The Balaban J connectivity index is 2.19. The Kier molecular flexibility index (Phi) is 5.45. The molecular formula is C13H27NO2S. The Hall–Kier alpha value is -0.0900. The summed E-state index contributed by atoms with van der Waals surface area (Å²) in [4.78, 5) is 0. The number of hydrogen-bond donors (Lipinski definition) is 1. The molecule has 17 heavy (non-hydrogen) atoms. The predicted octanol–water partition coefficient (Wildman–Crippen LogP) is 2.37. The van der Waals surface area contributed by atoms with Crippen molar-refractivity contribution in [3.8, 4) is 0 Å². The van der Waals surface area contributed by atoms with Gasteiger partial charge in [0.1, 0.15) is 9.84 Å². The van der Waals surface area contributed by atoms with Crippen LogP contribution in [0.15, 0.2) is 0 Å². The van der Waals surface area contributed by atoms with Gasteiger partial charge >= 0.3 is 0 Å². The highest BCUT2D eigenvalue weighted by atomic mass is 32.2. The van der Waals surface area contributed by atoms with Crippen LogP contribution in [0.4, 0.5) is 0 Å². The molecule has 1 aliphatic rings. The summed E-state index contributed by atoms with van der Waals surface area (Å²) < 4.78 is 22.7. The standard InChI is InChI=1S/C13H27NO2S/c1-4-17(15,16)10-6-9-14-12-7-5-8-13(2,3)11-12/h12,14H,4-11H2,1-3H3. The van der Waals surface area contributed by atoms with Crippen LogP contribution in [0, 0.1) is 5.41 Å². The van der Waals surface area contributed by atoms with Crippen molar-refractivity contribution < 1.29 is 8.42 Å². The highest BCUT2D eigenvalue weighted by Crippen LogP contribution is 2.34. The van der Waals surface area contributed by atoms with Crippen LogP contribution in [0.2, 0.25) is 0 Å². The first-order valence-electron chi connectivity index (χ1n) is 6.78. The normalized spacial score (nSPS) is 24.8. The van der Waals surface area contributed by atoms with E-state index in [1.807, 2.05) is 0 Å². The Morgan fingerprint density at radius 3 is 2.65 bits per heavy atom. The van der Waals surface area contributed by atoms with Crippen LogP contribution in [-0.4, -0.2) is 32.5 Å². The average molecular weight is 261 g/mol. The third-order valence-electron chi connectivity index (χ3n) is 3.71. The van der Waals surface area contributed by atoms with Gasteiger partial charge in [0.25, 0.3) is 0 Å². The van der Waals surface area contributed by atoms with E-state index in [-0.39, 0.29) is 5.75 Å². The minimum atomic E-state index is -2.79. The maximum Gasteiger partial charge on any atom is 0.150 e. The Morgan fingerprint density at radius 2 is 2.06 bits per heavy atom. The van der Waals surface area contributed by atoms with Crippen molar-refractivity contribution in [2.75, 3.05) is 18.1 Å². The van der Waals surface area contributed by atoms with Gasteiger partial charge in [-0.05, 0) is 37.6 Å². The first kappa shape index (κ1) is 15.0. The molecule has 0 heterocycles. The molecule has 0 aromatic carbocycles. The number of rotatable bonds is 6. The highest BCUT2D eigenvalue weighted by Gasteiger charge is 2.27. The predicted molar refractivity (Wildman–Crippen MR) is 73.0 cm³/mol. The molecule has 0 aromatic rings. The molecule has 1 atom stereocenters. The van der Waals surface area contributed by atoms with Crippen LogP contribution in [0.5, 0.6) is 0 Å². The molecule has 0 bridgehead atoms. The maximum absolute atomic E-state index is 11.3. The molecule has 0 radical (unpaired) electrons. The van der Waals surface area contributed by atoms with Gasteiger partial charge in [0, 0.05) is 11.8 Å². The number of hydrogen-bond acceptors (Lipinski definition) is 3. The van der Waals surface area contributed by atoms with Crippen LogP contribution in [0.25, 0.3) is 0 Å². The molecule has 0 amide bonds. The first-order chi connectivity index (χ1) is 7.85. The Labute approximate surface area is 106 Å². The molecule has 0 aliphatic heterocycles. The van der Waals surface area contributed by atoms with Gasteiger partial charge in [-0.25, -0.2) is 8.42 Å². The second-order valence-electron chi connectivity index (χ2n) is 6.00. The molecule has 1 unspecified atom stereocenters. The summed E-state index contributed by atoms with van der Waals surface area (Å²) in [6.07, 6.45) is 5.80. The minimum absolute atomic E-state index is 0.267. The second kappa shape index (κ2) is 6.19. The average Bonchev–Trinajstić information content (AvgIpc) is 2.23. The van der Waals surface area contributed by atoms with E-state index in [2.05, 4.69) is 19.2 Å². The van der Waals surface area contributed by atoms with E-state index in [0.717, 1.165) is 13.0 Å². The lowest BCUT2D eigenvalue weighted by atomic mass is 9.75. The van der Waals surface area contributed by atoms with E-state index in [1.54, 1.807) is 6.92 Å². The van der Waals surface area contributed by atoms with Crippen molar-refractivity contribution in [3.05, 3.63) is 0 Å². The molecule has 1 fully saturated rings. The maximum atomic E-state index is 11.3. The zero-order valence-corrected chi connectivity index (χ0v) is 12.3. The van der Waals surface area contributed by atoms with E-state index in [9.17, 15) is 8.42 Å². The van der Waals surface area contributed by atoms with E-state index < -0.39 is 9.84 Å². The molecule has 102 valence electrons. The third kappa shape index (κ3) is 5.87. The van der Waals surface area contributed by atoms with E-state index in [0.29, 0.717) is 17.2 Å².